The van der Waals surface area contributed by atoms with E-state index in [9.17, 15) is 4.57 Å². The molecule has 0 amide bonds. The van der Waals surface area contributed by atoms with Gasteiger partial charge in [0.1, 0.15) is 0 Å². The van der Waals surface area contributed by atoms with Crippen molar-refractivity contribution in [3.63, 3.8) is 0 Å². The van der Waals surface area contributed by atoms with Gasteiger partial charge >= 0.3 is 8.25 Å². The zero-order valence-corrected chi connectivity index (χ0v) is 17.6. The molecule has 1 heterocycles. The lowest BCUT2D eigenvalue weighted by atomic mass is 10.1. The quantitative estimate of drug-likeness (QED) is 0.590. The maximum Gasteiger partial charge on any atom is 0.319 e. The van der Waals surface area contributed by atoms with Gasteiger partial charge in [0, 0.05) is 5.02 Å². The Balaban J connectivity index is 0.000000359. The van der Waals surface area contributed by atoms with Gasteiger partial charge in [-0.05, 0) is 38.0 Å². The largest absolute Gasteiger partial charge is 0.477 e. The fourth-order valence-corrected chi connectivity index (χ4v) is 2.95. The third kappa shape index (κ3) is 6.72. The number of benzene rings is 1. The average molecular weight is 405 g/mol. The van der Waals surface area contributed by atoms with Gasteiger partial charge in [-0.15, -0.1) is 0 Å². The van der Waals surface area contributed by atoms with Crippen LogP contribution < -0.4 is 9.47 Å². The Hall–Kier alpha value is -1.40. The van der Waals surface area contributed by atoms with E-state index in [1.165, 1.54) is 7.11 Å². The molecule has 1 aromatic heterocycles. The van der Waals surface area contributed by atoms with Gasteiger partial charge in [0.15, 0.2) is 0 Å². The molecule has 0 bridgehead atoms. The van der Waals surface area contributed by atoms with Crippen LogP contribution in [0.3, 0.4) is 0 Å². The number of halogens is 1. The molecule has 9 heteroatoms. The van der Waals surface area contributed by atoms with E-state index in [0.717, 1.165) is 29.4 Å². The van der Waals surface area contributed by atoms with E-state index in [0.29, 0.717) is 30.0 Å². The van der Waals surface area contributed by atoms with Crippen molar-refractivity contribution in [1.29, 1.82) is 0 Å². The van der Waals surface area contributed by atoms with Crippen LogP contribution in [-0.2, 0) is 20.0 Å². The fraction of sp³-hybridized carbons (Fsp3) is 0.529. The normalized spacial score (nSPS) is 10.6. The minimum absolute atomic E-state index is 0.370. The van der Waals surface area contributed by atoms with E-state index in [4.69, 9.17) is 21.1 Å². The highest BCUT2D eigenvalue weighted by Gasteiger charge is 2.13. The van der Waals surface area contributed by atoms with Crippen molar-refractivity contribution in [1.82, 2.24) is 9.97 Å². The molecular formula is C17H26ClN2O5P. The van der Waals surface area contributed by atoms with Crippen LogP contribution in [0.25, 0.3) is 11.0 Å². The summed E-state index contributed by atoms with van der Waals surface area (Å²) in [6.07, 6.45) is 1.92. The molecule has 0 unspecified atom stereocenters. The first kappa shape index (κ1) is 22.6. The highest BCUT2D eigenvalue weighted by atomic mass is 35.5. The third-order valence-electron chi connectivity index (χ3n) is 3.18. The summed E-state index contributed by atoms with van der Waals surface area (Å²) in [5, 5.41) is 0.660. The second-order valence-corrected chi connectivity index (χ2v) is 6.55. The Morgan fingerprint density at radius 3 is 2.08 bits per heavy atom. The zero-order valence-electron chi connectivity index (χ0n) is 15.8. The molecule has 0 fully saturated rings. The third-order valence-corrected chi connectivity index (χ3v) is 4.45. The lowest BCUT2D eigenvalue weighted by Gasteiger charge is -2.10. The first-order valence-corrected chi connectivity index (χ1v) is 9.98. The molecule has 0 radical (unpaired) electrons. The van der Waals surface area contributed by atoms with Crippen molar-refractivity contribution >= 4 is 30.9 Å². The summed E-state index contributed by atoms with van der Waals surface area (Å²) in [4.78, 5) is 8.83. The van der Waals surface area contributed by atoms with Crippen LogP contribution in [0.2, 0.25) is 5.02 Å². The number of aromatic nitrogens is 2. The lowest BCUT2D eigenvalue weighted by Crippen LogP contribution is -1.99. The van der Waals surface area contributed by atoms with E-state index in [-0.39, 0.29) is 0 Å². The zero-order chi connectivity index (χ0) is 19.5. The first-order chi connectivity index (χ1) is 12.5. The van der Waals surface area contributed by atoms with E-state index in [1.807, 2.05) is 6.07 Å². The number of methoxy groups -OCH3 is 2. The summed E-state index contributed by atoms with van der Waals surface area (Å²) in [5.74, 6) is 0.763. The number of aryl methyl sites for hydroxylation is 1. The molecule has 0 N–H and O–H groups in total. The summed E-state index contributed by atoms with van der Waals surface area (Å²) in [5.41, 5.74) is 2.62. The van der Waals surface area contributed by atoms with Gasteiger partial charge in [-0.2, -0.15) is 0 Å². The minimum Gasteiger partial charge on any atom is -0.477 e. The standard InChI is InChI=1S/C13H15ClN2O2.C4H11O3P/c1-4-5-8-6-9(14)7-10-11(8)16-13(18-3)12(15-10)17-2;1-3-6-8(5)7-4-2/h6-7H,4-5H2,1-3H3;8H,3-4H2,1-2H3. The van der Waals surface area contributed by atoms with Crippen LogP contribution >= 0.6 is 19.9 Å². The number of ether oxygens (including phenoxy) is 2. The van der Waals surface area contributed by atoms with Crippen LogP contribution in [0.5, 0.6) is 11.8 Å². The molecule has 0 saturated carbocycles. The van der Waals surface area contributed by atoms with E-state index < -0.39 is 8.25 Å². The second kappa shape index (κ2) is 12.1. The van der Waals surface area contributed by atoms with Gasteiger partial charge in [-0.3, -0.25) is 4.57 Å². The maximum atomic E-state index is 10.4. The fourth-order valence-electron chi connectivity index (χ4n) is 2.16. The highest BCUT2D eigenvalue weighted by Crippen LogP contribution is 2.29. The molecule has 26 heavy (non-hydrogen) atoms. The lowest BCUT2D eigenvalue weighted by molar-refractivity contribution is 0.243. The number of hydrogen-bond acceptors (Lipinski definition) is 7. The average Bonchev–Trinajstić information content (AvgIpc) is 2.61. The van der Waals surface area contributed by atoms with Gasteiger partial charge in [0.05, 0.1) is 38.5 Å². The molecule has 0 saturated heterocycles. The summed E-state index contributed by atoms with van der Waals surface area (Å²) < 4.78 is 29.9. The van der Waals surface area contributed by atoms with Crippen molar-refractivity contribution in [3.05, 3.63) is 22.7 Å². The van der Waals surface area contributed by atoms with Crippen molar-refractivity contribution in [2.75, 3.05) is 27.4 Å². The van der Waals surface area contributed by atoms with Crippen LogP contribution in [0.4, 0.5) is 0 Å². The van der Waals surface area contributed by atoms with Crippen molar-refractivity contribution < 1.29 is 23.1 Å². The second-order valence-electron chi connectivity index (χ2n) is 5.04. The molecule has 0 atom stereocenters. The number of fused-ring (bicyclic) bond motifs is 1. The number of nitrogens with zero attached hydrogens (tertiary/aromatic N) is 2. The summed E-state index contributed by atoms with van der Waals surface area (Å²) in [6.45, 7) is 6.58. The molecule has 146 valence electrons. The SMILES string of the molecule is CCCc1cc(Cl)cc2nc(OC)c(OC)nc12.CCO[PH](=O)OCC. The van der Waals surface area contributed by atoms with Gasteiger partial charge in [-0.25, -0.2) is 9.97 Å². The van der Waals surface area contributed by atoms with Crippen LogP contribution in [0, 0.1) is 0 Å². The molecular weight excluding hydrogens is 379 g/mol. The molecule has 2 aromatic rings. The summed E-state index contributed by atoms with van der Waals surface area (Å²) in [6, 6.07) is 3.71. The number of hydrogen-bond donors (Lipinski definition) is 0. The Kier molecular flexibility index (Phi) is 10.5. The van der Waals surface area contributed by atoms with Crippen LogP contribution in [0.15, 0.2) is 12.1 Å². The molecule has 0 aliphatic rings. The van der Waals surface area contributed by atoms with E-state index >= 15 is 0 Å². The van der Waals surface area contributed by atoms with Gasteiger partial charge in [0.25, 0.3) is 11.8 Å². The van der Waals surface area contributed by atoms with Crippen molar-refractivity contribution in [2.24, 2.45) is 0 Å². The Morgan fingerprint density at radius 2 is 1.58 bits per heavy atom. The Bertz CT molecular complexity index is 722. The van der Waals surface area contributed by atoms with Gasteiger partial charge < -0.3 is 18.5 Å². The van der Waals surface area contributed by atoms with Crippen molar-refractivity contribution in [2.45, 2.75) is 33.6 Å². The molecule has 0 spiro atoms. The first-order valence-electron chi connectivity index (χ1n) is 8.38. The predicted molar refractivity (Wildman–Crippen MR) is 104 cm³/mol. The van der Waals surface area contributed by atoms with E-state index in [1.54, 1.807) is 27.0 Å². The topological polar surface area (TPSA) is 79.8 Å². The van der Waals surface area contributed by atoms with Crippen molar-refractivity contribution in [3.8, 4) is 11.8 Å². The van der Waals surface area contributed by atoms with Gasteiger partial charge in [0.2, 0.25) is 0 Å². The smallest absolute Gasteiger partial charge is 0.319 e. The Labute approximate surface area is 159 Å². The van der Waals surface area contributed by atoms with Crippen LogP contribution in [0.1, 0.15) is 32.8 Å². The summed E-state index contributed by atoms with van der Waals surface area (Å²) in [7, 11) is 0.945. The minimum atomic E-state index is -2.14. The molecule has 1 aromatic carbocycles. The van der Waals surface area contributed by atoms with E-state index in [2.05, 4.69) is 25.9 Å². The monoisotopic (exact) mass is 404 g/mol. The molecule has 7 nitrogen and oxygen atoms in total. The number of rotatable bonds is 8. The highest BCUT2D eigenvalue weighted by molar-refractivity contribution is 7.33. The van der Waals surface area contributed by atoms with Crippen LogP contribution in [-0.4, -0.2) is 37.4 Å². The molecule has 2 rings (SSSR count). The molecule has 0 aliphatic heterocycles. The predicted octanol–water partition coefficient (Wildman–Crippen LogP) is 4.70. The Morgan fingerprint density at radius 1 is 1.00 bits per heavy atom. The molecule has 0 aliphatic carbocycles. The van der Waals surface area contributed by atoms with Gasteiger partial charge in [-0.1, -0.05) is 24.9 Å². The summed E-state index contributed by atoms with van der Waals surface area (Å²) >= 11 is 6.09. The maximum absolute atomic E-state index is 10.4.